The van der Waals surface area contributed by atoms with E-state index >= 15 is 0 Å². The molecule has 0 saturated carbocycles. The van der Waals surface area contributed by atoms with Crippen LogP contribution in [0.25, 0.3) is 22.2 Å². The monoisotopic (exact) mass is 476 g/mol. The maximum atomic E-state index is 13.3. The van der Waals surface area contributed by atoms with Crippen LogP contribution in [0.5, 0.6) is 0 Å². The summed E-state index contributed by atoms with van der Waals surface area (Å²) in [6, 6.07) is 12.1. The fraction of sp³-hybridized carbons (Fsp3) is 0.320. The molecule has 1 N–H and O–H groups in total. The lowest BCUT2D eigenvalue weighted by Crippen LogP contribution is -2.28. The van der Waals surface area contributed by atoms with Crippen LogP contribution in [0, 0.1) is 0 Å². The molecule has 0 radical (unpaired) electrons. The van der Waals surface area contributed by atoms with Crippen molar-refractivity contribution in [3.05, 3.63) is 69.4 Å². The molecule has 0 aliphatic carbocycles. The van der Waals surface area contributed by atoms with E-state index in [4.69, 9.17) is 11.6 Å². The zero-order chi connectivity index (χ0) is 23.8. The largest absolute Gasteiger partial charge is 0.321 e. The van der Waals surface area contributed by atoms with Crippen LogP contribution >= 0.6 is 11.6 Å². The second kappa shape index (κ2) is 9.02. The average molecular weight is 477 g/mol. The molecular formula is C25H25ClN6O2. The number of aryl methyl sites for hydroxylation is 1. The van der Waals surface area contributed by atoms with Crippen molar-refractivity contribution in [3.8, 4) is 11.4 Å². The maximum Gasteiger partial charge on any atom is 0.276 e. The first-order chi connectivity index (χ1) is 16.4. The van der Waals surface area contributed by atoms with Crippen LogP contribution in [0.3, 0.4) is 0 Å². The highest BCUT2D eigenvalue weighted by Crippen LogP contribution is 2.31. The van der Waals surface area contributed by atoms with Gasteiger partial charge in [-0.05, 0) is 51.0 Å². The molecule has 174 valence electrons. The third kappa shape index (κ3) is 3.98. The van der Waals surface area contributed by atoms with Crippen molar-refractivity contribution in [2.45, 2.75) is 52.1 Å². The Labute approximate surface area is 201 Å². The van der Waals surface area contributed by atoms with Gasteiger partial charge in [0.05, 0.1) is 16.5 Å². The summed E-state index contributed by atoms with van der Waals surface area (Å²) in [6.45, 7) is 4.56. The van der Waals surface area contributed by atoms with E-state index < -0.39 is 5.91 Å². The minimum atomic E-state index is -0.404. The minimum absolute atomic E-state index is 0.186. The lowest BCUT2D eigenvalue weighted by atomic mass is 10.1. The van der Waals surface area contributed by atoms with Gasteiger partial charge >= 0.3 is 0 Å². The predicted molar refractivity (Wildman–Crippen MR) is 132 cm³/mol. The van der Waals surface area contributed by atoms with Crippen molar-refractivity contribution in [2.24, 2.45) is 0 Å². The molecule has 0 fully saturated rings. The molecule has 3 heterocycles. The first-order valence-electron chi connectivity index (χ1n) is 11.5. The summed E-state index contributed by atoms with van der Waals surface area (Å²) in [5, 5.41) is 17.6. The van der Waals surface area contributed by atoms with Crippen LogP contribution < -0.4 is 10.9 Å². The van der Waals surface area contributed by atoms with E-state index in [-0.39, 0.29) is 17.3 Å². The average Bonchev–Trinajstić information content (AvgIpc) is 3.07. The van der Waals surface area contributed by atoms with Crippen LogP contribution in [0.4, 0.5) is 5.69 Å². The predicted octanol–water partition coefficient (Wildman–Crippen LogP) is 4.87. The number of halogens is 1. The Morgan fingerprint density at radius 1 is 1.06 bits per heavy atom. The summed E-state index contributed by atoms with van der Waals surface area (Å²) in [4.78, 5) is 26.1. The second-order valence-corrected chi connectivity index (χ2v) is 9.20. The number of carbonyl (C=O) groups excluding carboxylic acids is 1. The maximum absolute atomic E-state index is 13.3. The molecule has 2 aromatic heterocycles. The third-order valence-corrected chi connectivity index (χ3v) is 6.44. The number of fused-ring (bicyclic) bond motifs is 2. The normalized spacial score (nSPS) is 13.6. The highest BCUT2D eigenvalue weighted by atomic mass is 35.5. The van der Waals surface area contributed by atoms with Gasteiger partial charge in [0.2, 0.25) is 0 Å². The van der Waals surface area contributed by atoms with Crippen molar-refractivity contribution in [2.75, 3.05) is 5.32 Å². The van der Waals surface area contributed by atoms with Gasteiger partial charge in [-0.2, -0.15) is 5.10 Å². The Morgan fingerprint density at radius 3 is 2.65 bits per heavy atom. The molecule has 8 nitrogen and oxygen atoms in total. The molecular weight excluding hydrogens is 452 g/mol. The molecule has 0 atom stereocenters. The Morgan fingerprint density at radius 2 is 1.85 bits per heavy atom. The number of nitrogens with one attached hydrogen (secondary N) is 1. The summed E-state index contributed by atoms with van der Waals surface area (Å²) < 4.78 is 3.46. The summed E-state index contributed by atoms with van der Waals surface area (Å²) in [5.41, 5.74) is 1.24. The fourth-order valence-electron chi connectivity index (χ4n) is 4.37. The molecule has 0 spiro atoms. The van der Waals surface area contributed by atoms with Crippen molar-refractivity contribution in [1.29, 1.82) is 0 Å². The second-order valence-electron chi connectivity index (χ2n) is 8.79. The zero-order valence-corrected chi connectivity index (χ0v) is 19.8. The quantitative estimate of drug-likeness (QED) is 0.453. The van der Waals surface area contributed by atoms with E-state index in [2.05, 4.69) is 25.2 Å². The Kier molecular flexibility index (Phi) is 5.91. The molecule has 34 heavy (non-hydrogen) atoms. The molecule has 0 bridgehead atoms. The van der Waals surface area contributed by atoms with E-state index in [0.29, 0.717) is 32.9 Å². The number of nitrogens with zero attached hydrogens (tertiary/aromatic N) is 5. The first kappa shape index (κ1) is 22.3. The van der Waals surface area contributed by atoms with Crippen LogP contribution in [0.1, 0.15) is 55.5 Å². The van der Waals surface area contributed by atoms with Gasteiger partial charge in [0.15, 0.2) is 11.5 Å². The van der Waals surface area contributed by atoms with Gasteiger partial charge in [0.25, 0.3) is 11.5 Å². The van der Waals surface area contributed by atoms with Gasteiger partial charge in [0.1, 0.15) is 5.82 Å². The van der Waals surface area contributed by atoms with E-state index in [1.165, 1.54) is 4.68 Å². The molecule has 0 saturated heterocycles. The molecule has 2 aromatic carbocycles. The van der Waals surface area contributed by atoms with Crippen LogP contribution in [0.2, 0.25) is 5.02 Å². The van der Waals surface area contributed by atoms with Crippen LogP contribution in [0.15, 0.2) is 47.3 Å². The van der Waals surface area contributed by atoms with Gasteiger partial charge in [0, 0.05) is 29.6 Å². The van der Waals surface area contributed by atoms with Gasteiger partial charge in [-0.1, -0.05) is 36.2 Å². The lowest BCUT2D eigenvalue weighted by molar-refractivity contribution is 0.102. The molecule has 1 aliphatic rings. The molecule has 9 heteroatoms. The smallest absolute Gasteiger partial charge is 0.276 e. The number of aromatic nitrogens is 5. The van der Waals surface area contributed by atoms with Crippen molar-refractivity contribution in [3.63, 3.8) is 0 Å². The molecule has 0 unspecified atom stereocenters. The number of hydrogen-bond donors (Lipinski definition) is 1. The van der Waals surface area contributed by atoms with Gasteiger partial charge < -0.3 is 9.88 Å². The van der Waals surface area contributed by atoms with E-state index in [0.717, 1.165) is 38.1 Å². The van der Waals surface area contributed by atoms with Gasteiger partial charge in [-0.3, -0.25) is 9.59 Å². The number of benzene rings is 2. The van der Waals surface area contributed by atoms with Crippen LogP contribution in [-0.2, 0) is 13.0 Å². The first-order valence-corrected chi connectivity index (χ1v) is 11.9. The highest BCUT2D eigenvalue weighted by molar-refractivity contribution is 6.33. The highest BCUT2D eigenvalue weighted by Gasteiger charge is 2.21. The number of amides is 1. The van der Waals surface area contributed by atoms with Crippen molar-refractivity contribution in [1.82, 2.24) is 24.5 Å². The van der Waals surface area contributed by atoms with Crippen molar-refractivity contribution < 1.29 is 4.79 Å². The topological polar surface area (TPSA) is 94.7 Å². The van der Waals surface area contributed by atoms with Gasteiger partial charge in [-0.15, -0.1) is 10.2 Å². The Bertz CT molecular complexity index is 1460. The third-order valence-electron chi connectivity index (χ3n) is 6.11. The fourth-order valence-corrected chi connectivity index (χ4v) is 4.58. The number of anilines is 1. The molecule has 1 aliphatic heterocycles. The zero-order valence-electron chi connectivity index (χ0n) is 19.1. The number of rotatable bonds is 4. The van der Waals surface area contributed by atoms with Crippen molar-refractivity contribution >= 4 is 34.0 Å². The molecule has 4 aromatic rings. The summed E-state index contributed by atoms with van der Waals surface area (Å²) in [7, 11) is 0. The molecule has 1 amide bonds. The van der Waals surface area contributed by atoms with E-state index in [1.54, 1.807) is 36.4 Å². The minimum Gasteiger partial charge on any atom is -0.321 e. The SMILES string of the molecule is CC(C)n1nc(C(=O)Nc2ccc(Cl)c(-c3nnc4n3CCCCC4)c2)c2ccccc2c1=O. The number of carbonyl (C=O) groups is 1. The van der Waals surface area contributed by atoms with Crippen LogP contribution in [-0.4, -0.2) is 30.5 Å². The standard InChI is InChI=1S/C25H25ClN6O2/c1-15(2)32-25(34)18-9-6-5-8-17(18)22(30-32)24(33)27-16-11-12-20(26)19(14-16)23-29-28-21-10-4-3-7-13-31(21)23/h5-6,8-9,11-12,14-15H,3-4,7,10,13H2,1-2H3,(H,27,33). The summed E-state index contributed by atoms with van der Waals surface area (Å²) in [6.07, 6.45) is 4.22. The number of hydrogen-bond acceptors (Lipinski definition) is 5. The lowest BCUT2D eigenvalue weighted by Gasteiger charge is -2.14. The van der Waals surface area contributed by atoms with Gasteiger partial charge in [-0.25, -0.2) is 4.68 Å². The summed E-state index contributed by atoms with van der Waals surface area (Å²) in [5.74, 6) is 1.26. The Hall–Kier alpha value is -3.52. The van der Waals surface area contributed by atoms with E-state index in [9.17, 15) is 9.59 Å². The summed E-state index contributed by atoms with van der Waals surface area (Å²) >= 11 is 6.53. The van der Waals surface area contributed by atoms with E-state index in [1.807, 2.05) is 19.9 Å². The molecule has 5 rings (SSSR count). The Balaban J connectivity index is 1.53.